The first-order valence-corrected chi connectivity index (χ1v) is 15.4. The van der Waals surface area contributed by atoms with Crippen LogP contribution in [0.1, 0.15) is 56.3 Å². The lowest BCUT2D eigenvalue weighted by atomic mass is 9.91. The Morgan fingerprint density at radius 3 is 2.43 bits per heavy atom. The van der Waals surface area contributed by atoms with Crippen molar-refractivity contribution in [3.8, 4) is 21.7 Å². The Morgan fingerprint density at radius 2 is 1.79 bits per heavy atom. The number of carboxylic acid groups (broad SMARTS) is 1. The van der Waals surface area contributed by atoms with Crippen LogP contribution in [-0.2, 0) is 9.53 Å². The topological polar surface area (TPSA) is 80.5 Å². The van der Waals surface area contributed by atoms with Gasteiger partial charge in [0.25, 0.3) is 0 Å². The van der Waals surface area contributed by atoms with E-state index in [2.05, 4.69) is 41.6 Å². The van der Waals surface area contributed by atoms with Gasteiger partial charge in [0, 0.05) is 34.3 Å². The fraction of sp³-hybridized carbons (Fsp3) is 0.364. The highest BCUT2D eigenvalue weighted by Crippen LogP contribution is 2.44. The van der Waals surface area contributed by atoms with Crippen molar-refractivity contribution in [3.63, 3.8) is 0 Å². The number of likely N-dealkylation sites (tertiary alicyclic amines) is 1. The average Bonchev–Trinajstić information content (AvgIpc) is 3.62. The molecule has 0 bridgehead atoms. The molecule has 3 aromatic carbocycles. The first-order valence-electron chi connectivity index (χ1n) is 14.2. The third-order valence-corrected chi connectivity index (χ3v) is 9.25. The van der Waals surface area contributed by atoms with Crippen molar-refractivity contribution in [2.75, 3.05) is 20.1 Å². The molecule has 218 valence electrons. The van der Waals surface area contributed by atoms with Gasteiger partial charge in [0.2, 0.25) is 0 Å². The van der Waals surface area contributed by atoms with Gasteiger partial charge >= 0.3 is 5.97 Å². The number of aliphatic carboxylic acids is 1. The molecule has 3 heterocycles. The zero-order valence-corrected chi connectivity index (χ0v) is 26.3. The maximum Gasteiger partial charge on any atom is 0.337 e. The SMILES string of the molecule is Cc1cc2nc(-c3ccc4nc(C)n([C@H]5CCN(C)C5)c4c3)sc2c(-c2ccc(Cl)cc2)c1[C@H](OC(C)(C)C)C(=O)O. The molecular weight excluding hydrogens is 568 g/mol. The Bertz CT molecular complexity index is 1820. The summed E-state index contributed by atoms with van der Waals surface area (Å²) in [5.41, 5.74) is 6.41. The fourth-order valence-corrected chi connectivity index (χ4v) is 7.34. The molecular formula is C33H35ClN4O3S. The van der Waals surface area contributed by atoms with E-state index < -0.39 is 17.7 Å². The van der Waals surface area contributed by atoms with E-state index in [4.69, 9.17) is 26.3 Å². The van der Waals surface area contributed by atoms with E-state index >= 15 is 0 Å². The minimum atomic E-state index is -1.15. The largest absolute Gasteiger partial charge is 0.479 e. The summed E-state index contributed by atoms with van der Waals surface area (Å²) in [6, 6.07) is 16.2. The molecule has 0 unspecified atom stereocenters. The van der Waals surface area contributed by atoms with Gasteiger partial charge in [0.15, 0.2) is 6.10 Å². The van der Waals surface area contributed by atoms with Gasteiger partial charge in [-0.05, 0) is 102 Å². The van der Waals surface area contributed by atoms with E-state index in [1.807, 2.05) is 58.0 Å². The van der Waals surface area contributed by atoms with Gasteiger partial charge in [-0.1, -0.05) is 23.7 Å². The van der Waals surface area contributed by atoms with Gasteiger partial charge in [-0.25, -0.2) is 14.8 Å². The molecule has 0 amide bonds. The van der Waals surface area contributed by atoms with E-state index in [0.29, 0.717) is 16.6 Å². The summed E-state index contributed by atoms with van der Waals surface area (Å²) >= 11 is 7.82. The third kappa shape index (κ3) is 5.33. The van der Waals surface area contributed by atoms with Crippen LogP contribution in [0.2, 0.25) is 5.02 Å². The Hall–Kier alpha value is -3.30. The normalized spacial score (nSPS) is 17.0. The molecule has 2 aromatic heterocycles. The lowest BCUT2D eigenvalue weighted by molar-refractivity contribution is -0.160. The number of ether oxygens (including phenoxy) is 1. The number of imidazole rings is 1. The van der Waals surface area contributed by atoms with Crippen LogP contribution in [0.15, 0.2) is 48.5 Å². The van der Waals surface area contributed by atoms with Gasteiger partial charge in [0.05, 0.1) is 26.9 Å². The maximum atomic E-state index is 12.6. The van der Waals surface area contributed by atoms with Crippen LogP contribution in [0.5, 0.6) is 0 Å². The van der Waals surface area contributed by atoms with Crippen LogP contribution in [0.3, 0.4) is 0 Å². The molecule has 1 aliphatic heterocycles. The molecule has 5 aromatic rings. The minimum absolute atomic E-state index is 0.392. The summed E-state index contributed by atoms with van der Waals surface area (Å²) in [6.07, 6.45) is -0.0500. The second-order valence-electron chi connectivity index (χ2n) is 12.2. The molecule has 1 saturated heterocycles. The molecule has 0 spiro atoms. The van der Waals surface area contributed by atoms with Crippen molar-refractivity contribution in [1.29, 1.82) is 0 Å². The Morgan fingerprint density at radius 1 is 1.07 bits per heavy atom. The summed E-state index contributed by atoms with van der Waals surface area (Å²) in [6.45, 7) is 11.7. The zero-order chi connectivity index (χ0) is 29.9. The number of rotatable bonds is 6. The molecule has 7 nitrogen and oxygen atoms in total. The summed E-state index contributed by atoms with van der Waals surface area (Å²) in [5.74, 6) is -0.00503. The number of carbonyl (C=O) groups is 1. The minimum Gasteiger partial charge on any atom is -0.479 e. The lowest BCUT2D eigenvalue weighted by Crippen LogP contribution is -2.28. The average molecular weight is 603 g/mol. The fourth-order valence-electron chi connectivity index (χ4n) is 6.09. The second-order valence-corrected chi connectivity index (χ2v) is 13.7. The monoisotopic (exact) mass is 602 g/mol. The van der Waals surface area contributed by atoms with Crippen molar-refractivity contribution >= 4 is 50.2 Å². The van der Waals surface area contributed by atoms with Crippen molar-refractivity contribution in [1.82, 2.24) is 19.4 Å². The first-order chi connectivity index (χ1) is 19.9. The predicted molar refractivity (Wildman–Crippen MR) is 171 cm³/mol. The highest BCUT2D eigenvalue weighted by Gasteiger charge is 2.32. The molecule has 9 heteroatoms. The molecule has 0 saturated carbocycles. The Balaban J connectivity index is 1.55. The molecule has 0 radical (unpaired) electrons. The molecule has 1 N–H and O–H groups in total. The van der Waals surface area contributed by atoms with Gasteiger partial charge in [-0.3, -0.25) is 0 Å². The summed E-state index contributed by atoms with van der Waals surface area (Å²) < 4.78 is 9.45. The number of aromatic nitrogens is 3. The van der Waals surface area contributed by atoms with Crippen LogP contribution in [0.4, 0.5) is 0 Å². The summed E-state index contributed by atoms with van der Waals surface area (Å²) in [5, 5.41) is 11.8. The van der Waals surface area contributed by atoms with E-state index in [0.717, 1.165) is 73.8 Å². The molecule has 2 atom stereocenters. The first kappa shape index (κ1) is 28.8. The van der Waals surface area contributed by atoms with Crippen LogP contribution in [-0.4, -0.2) is 56.2 Å². The molecule has 1 aliphatic rings. The van der Waals surface area contributed by atoms with Crippen LogP contribution >= 0.6 is 22.9 Å². The zero-order valence-electron chi connectivity index (χ0n) is 24.7. The van der Waals surface area contributed by atoms with Crippen molar-refractivity contribution in [2.24, 2.45) is 0 Å². The molecule has 0 aliphatic carbocycles. The smallest absolute Gasteiger partial charge is 0.337 e. The molecule has 6 rings (SSSR count). The number of likely N-dealkylation sites (N-methyl/N-ethyl adjacent to an activating group) is 1. The Kier molecular flexibility index (Phi) is 7.38. The number of thiazole rings is 1. The van der Waals surface area contributed by atoms with E-state index in [1.54, 1.807) is 11.3 Å². The standard InChI is InChI=1S/C33H35ClN4O3S/c1-18-15-25-30(28(20-7-10-22(34)11-8-20)27(18)29(32(39)40)41-33(3,4)5)42-31(36-25)21-9-12-24-26(16-21)38(19(2)35-24)23-13-14-37(6)17-23/h7-12,15-16,23,29H,13-14,17H2,1-6H3,(H,39,40)/t23-,29-/m0/s1. The van der Waals surface area contributed by atoms with Crippen LogP contribution < -0.4 is 0 Å². The van der Waals surface area contributed by atoms with E-state index in [-0.39, 0.29) is 0 Å². The number of hydrogen-bond acceptors (Lipinski definition) is 6. The van der Waals surface area contributed by atoms with Gasteiger partial charge < -0.3 is 19.3 Å². The number of benzene rings is 3. The Labute approximate surface area is 254 Å². The van der Waals surface area contributed by atoms with Gasteiger partial charge in [-0.15, -0.1) is 11.3 Å². The van der Waals surface area contributed by atoms with Gasteiger partial charge in [0.1, 0.15) is 10.8 Å². The van der Waals surface area contributed by atoms with Crippen LogP contribution in [0, 0.1) is 13.8 Å². The number of nitrogens with zero attached hydrogens (tertiary/aromatic N) is 4. The summed E-state index contributed by atoms with van der Waals surface area (Å²) in [7, 11) is 2.16. The number of carboxylic acids is 1. The van der Waals surface area contributed by atoms with E-state index in [9.17, 15) is 9.90 Å². The number of halogens is 1. The second kappa shape index (κ2) is 10.8. The number of aryl methyl sites for hydroxylation is 2. The molecule has 1 fully saturated rings. The molecule has 42 heavy (non-hydrogen) atoms. The highest BCUT2D eigenvalue weighted by atomic mass is 35.5. The summed E-state index contributed by atoms with van der Waals surface area (Å²) in [4.78, 5) is 25.0. The number of fused-ring (bicyclic) bond motifs is 2. The van der Waals surface area contributed by atoms with Crippen molar-refractivity contribution in [2.45, 2.75) is 58.8 Å². The van der Waals surface area contributed by atoms with Crippen LogP contribution in [0.25, 0.3) is 42.9 Å². The van der Waals surface area contributed by atoms with Gasteiger partial charge in [-0.2, -0.15) is 0 Å². The third-order valence-electron chi connectivity index (χ3n) is 7.86. The van der Waals surface area contributed by atoms with Crippen molar-refractivity contribution in [3.05, 3.63) is 70.5 Å². The quantitative estimate of drug-likeness (QED) is 0.212. The van der Waals surface area contributed by atoms with Crippen molar-refractivity contribution < 1.29 is 14.6 Å². The van der Waals surface area contributed by atoms with E-state index in [1.165, 1.54) is 0 Å². The predicted octanol–water partition coefficient (Wildman–Crippen LogP) is 8.07. The number of hydrogen-bond donors (Lipinski definition) is 1. The highest BCUT2D eigenvalue weighted by molar-refractivity contribution is 7.22. The lowest BCUT2D eigenvalue weighted by Gasteiger charge is -2.28. The maximum absolute atomic E-state index is 12.6.